The molecule has 0 radical (unpaired) electrons. The molecule has 0 aliphatic carbocycles. The van der Waals surface area contributed by atoms with Gasteiger partial charge in [0.05, 0.1) is 4.91 Å². The van der Waals surface area contributed by atoms with Crippen molar-refractivity contribution in [3.8, 4) is 0 Å². The first-order valence-corrected chi connectivity index (χ1v) is 8.40. The normalized spacial score (nSPS) is 19.0. The van der Waals surface area contributed by atoms with Crippen LogP contribution < -0.4 is 0 Å². The minimum Gasteiger partial charge on any atom is -0.478 e. The van der Waals surface area contributed by atoms with Gasteiger partial charge in [-0.2, -0.15) is 0 Å². The highest BCUT2D eigenvalue weighted by Gasteiger charge is 2.33. The van der Waals surface area contributed by atoms with Crippen molar-refractivity contribution in [2.75, 3.05) is 13.1 Å². The number of carbonyl (C=O) groups is 2. The molecule has 1 rings (SSSR count). The Kier molecular flexibility index (Phi) is 8.12. The van der Waals surface area contributed by atoms with Crippen molar-refractivity contribution in [2.24, 2.45) is 4.99 Å². The Balaban J connectivity index is 2.75. The zero-order chi connectivity index (χ0) is 15.7. The van der Waals surface area contributed by atoms with E-state index in [0.717, 1.165) is 44.6 Å². The van der Waals surface area contributed by atoms with Crippen LogP contribution in [-0.4, -0.2) is 40.1 Å². The van der Waals surface area contributed by atoms with Crippen LogP contribution in [-0.2, 0) is 9.59 Å². The van der Waals surface area contributed by atoms with E-state index in [9.17, 15) is 9.59 Å². The van der Waals surface area contributed by atoms with Crippen molar-refractivity contribution in [2.45, 2.75) is 52.4 Å². The highest BCUT2D eigenvalue weighted by atomic mass is 32.2. The number of amidine groups is 1. The highest BCUT2D eigenvalue weighted by Crippen LogP contribution is 2.31. The lowest BCUT2D eigenvalue weighted by Crippen LogP contribution is -2.30. The lowest BCUT2D eigenvalue weighted by Gasteiger charge is -2.15. The fourth-order valence-electron chi connectivity index (χ4n) is 1.99. The van der Waals surface area contributed by atoms with E-state index >= 15 is 0 Å². The number of carboxylic acids is 1. The fraction of sp³-hybridized carbons (Fsp3) is 0.667. The Morgan fingerprint density at radius 3 is 2.52 bits per heavy atom. The molecule has 1 N–H and O–H groups in total. The number of aliphatic imine (C=N–C) groups is 1. The average molecular weight is 312 g/mol. The minimum atomic E-state index is -1.09. The minimum absolute atomic E-state index is 0.229. The SMILES string of the molecule is CCCCCN=C1SC(=CC(=O)O)C(=O)N1CCCCC. The summed E-state index contributed by atoms with van der Waals surface area (Å²) in [5.41, 5.74) is 0. The van der Waals surface area contributed by atoms with Crippen molar-refractivity contribution in [1.82, 2.24) is 4.90 Å². The third-order valence-corrected chi connectivity index (χ3v) is 4.18. The van der Waals surface area contributed by atoms with Crippen LogP contribution in [0.4, 0.5) is 0 Å². The maximum atomic E-state index is 12.2. The van der Waals surface area contributed by atoms with Crippen LogP contribution in [0.5, 0.6) is 0 Å². The molecular formula is C15H24N2O3S. The molecule has 21 heavy (non-hydrogen) atoms. The van der Waals surface area contributed by atoms with Crippen molar-refractivity contribution in [3.63, 3.8) is 0 Å². The van der Waals surface area contributed by atoms with Crippen LogP contribution in [0.25, 0.3) is 0 Å². The van der Waals surface area contributed by atoms with Gasteiger partial charge in [-0.05, 0) is 24.6 Å². The van der Waals surface area contributed by atoms with E-state index in [-0.39, 0.29) is 10.8 Å². The van der Waals surface area contributed by atoms with Crippen molar-refractivity contribution in [1.29, 1.82) is 0 Å². The number of carbonyl (C=O) groups excluding carboxylic acids is 1. The molecule has 1 aliphatic rings. The Morgan fingerprint density at radius 1 is 1.24 bits per heavy atom. The van der Waals surface area contributed by atoms with Crippen LogP contribution in [0.1, 0.15) is 52.4 Å². The third-order valence-electron chi connectivity index (χ3n) is 3.14. The molecule has 1 saturated heterocycles. The predicted molar refractivity (Wildman–Crippen MR) is 86.4 cm³/mol. The Bertz CT molecular complexity index is 433. The quantitative estimate of drug-likeness (QED) is 0.524. The lowest BCUT2D eigenvalue weighted by atomic mass is 10.2. The summed E-state index contributed by atoms with van der Waals surface area (Å²) in [7, 11) is 0. The summed E-state index contributed by atoms with van der Waals surface area (Å²) in [6.07, 6.45) is 7.26. The summed E-state index contributed by atoms with van der Waals surface area (Å²) in [6.45, 7) is 5.54. The van der Waals surface area contributed by atoms with E-state index in [0.29, 0.717) is 18.3 Å². The molecule has 0 spiro atoms. The smallest absolute Gasteiger partial charge is 0.329 e. The van der Waals surface area contributed by atoms with Crippen LogP contribution in [0.2, 0.25) is 0 Å². The monoisotopic (exact) mass is 312 g/mol. The van der Waals surface area contributed by atoms with Gasteiger partial charge in [-0.3, -0.25) is 14.7 Å². The number of nitrogens with zero attached hydrogens (tertiary/aromatic N) is 2. The van der Waals surface area contributed by atoms with Crippen molar-refractivity contribution < 1.29 is 14.7 Å². The molecule has 0 atom stereocenters. The topological polar surface area (TPSA) is 70.0 Å². The van der Waals surface area contributed by atoms with Crippen LogP contribution in [0.15, 0.2) is 16.0 Å². The number of unbranched alkanes of at least 4 members (excludes halogenated alkanes) is 4. The second kappa shape index (κ2) is 9.60. The van der Waals surface area contributed by atoms with Gasteiger partial charge in [0.25, 0.3) is 5.91 Å². The van der Waals surface area contributed by atoms with Gasteiger partial charge in [0.1, 0.15) is 0 Å². The van der Waals surface area contributed by atoms with E-state index in [1.807, 2.05) is 0 Å². The van der Waals surface area contributed by atoms with Gasteiger partial charge in [0.15, 0.2) is 5.17 Å². The largest absolute Gasteiger partial charge is 0.478 e. The second-order valence-corrected chi connectivity index (χ2v) is 5.99. The number of hydrogen-bond acceptors (Lipinski definition) is 4. The van der Waals surface area contributed by atoms with Gasteiger partial charge >= 0.3 is 5.97 Å². The molecule has 1 fully saturated rings. The maximum absolute atomic E-state index is 12.2. The highest BCUT2D eigenvalue weighted by molar-refractivity contribution is 8.18. The van der Waals surface area contributed by atoms with Crippen LogP contribution >= 0.6 is 11.8 Å². The molecule has 1 heterocycles. The number of hydrogen-bond donors (Lipinski definition) is 1. The molecule has 0 aromatic rings. The number of carboxylic acid groups (broad SMARTS) is 1. The molecule has 0 bridgehead atoms. The third kappa shape index (κ3) is 5.91. The molecule has 1 aliphatic heterocycles. The predicted octanol–water partition coefficient (Wildman–Crippen LogP) is 3.27. The van der Waals surface area contributed by atoms with E-state index in [4.69, 9.17) is 5.11 Å². The summed E-state index contributed by atoms with van der Waals surface area (Å²) in [6, 6.07) is 0. The van der Waals surface area contributed by atoms with Gasteiger partial charge in [-0.25, -0.2) is 4.79 Å². The van der Waals surface area contributed by atoms with Gasteiger partial charge in [0.2, 0.25) is 0 Å². The van der Waals surface area contributed by atoms with Crippen LogP contribution in [0, 0.1) is 0 Å². The van der Waals surface area contributed by atoms with E-state index < -0.39 is 5.97 Å². The summed E-state index contributed by atoms with van der Waals surface area (Å²) < 4.78 is 0. The molecule has 0 aromatic heterocycles. The summed E-state index contributed by atoms with van der Waals surface area (Å²) in [5, 5.41) is 9.48. The van der Waals surface area contributed by atoms with Gasteiger partial charge in [-0.1, -0.05) is 39.5 Å². The average Bonchev–Trinajstić information content (AvgIpc) is 2.72. The standard InChI is InChI=1S/C15H24N2O3S/c1-3-5-7-9-16-15-17(10-8-6-4-2)14(20)12(21-15)11-13(18)19/h11H,3-10H2,1-2H3,(H,18,19). The molecule has 1 amide bonds. The van der Waals surface area contributed by atoms with E-state index in [2.05, 4.69) is 18.8 Å². The summed E-state index contributed by atoms with van der Waals surface area (Å²) in [4.78, 5) is 29.4. The Labute approximate surface area is 130 Å². The number of aliphatic carboxylic acids is 1. The van der Waals surface area contributed by atoms with Gasteiger partial charge in [0, 0.05) is 19.2 Å². The maximum Gasteiger partial charge on any atom is 0.329 e. The molecule has 118 valence electrons. The molecule has 0 unspecified atom stereocenters. The number of amides is 1. The van der Waals surface area contributed by atoms with Crippen molar-refractivity contribution in [3.05, 3.63) is 11.0 Å². The zero-order valence-electron chi connectivity index (χ0n) is 12.8. The van der Waals surface area contributed by atoms with Crippen molar-refractivity contribution >= 4 is 28.8 Å². The van der Waals surface area contributed by atoms with E-state index in [1.54, 1.807) is 4.90 Å². The van der Waals surface area contributed by atoms with Gasteiger partial charge in [-0.15, -0.1) is 0 Å². The fourth-order valence-corrected chi connectivity index (χ4v) is 2.99. The van der Waals surface area contributed by atoms with E-state index in [1.165, 1.54) is 11.8 Å². The summed E-state index contributed by atoms with van der Waals surface area (Å²) >= 11 is 1.18. The lowest BCUT2D eigenvalue weighted by molar-refractivity contribution is -0.132. The number of rotatable bonds is 9. The van der Waals surface area contributed by atoms with Gasteiger partial charge < -0.3 is 5.11 Å². The Hall–Kier alpha value is -1.30. The van der Waals surface area contributed by atoms with Crippen LogP contribution in [0.3, 0.4) is 0 Å². The molecular weight excluding hydrogens is 288 g/mol. The first-order chi connectivity index (χ1) is 10.1. The molecule has 6 heteroatoms. The summed E-state index contributed by atoms with van der Waals surface area (Å²) in [5.74, 6) is -1.32. The Morgan fingerprint density at radius 2 is 1.90 bits per heavy atom. The zero-order valence-corrected chi connectivity index (χ0v) is 13.6. The molecule has 0 saturated carbocycles. The molecule has 5 nitrogen and oxygen atoms in total. The first kappa shape index (κ1) is 17.8. The second-order valence-electron chi connectivity index (χ2n) is 4.98. The number of thioether (sulfide) groups is 1. The first-order valence-electron chi connectivity index (χ1n) is 7.58. The molecule has 0 aromatic carbocycles.